The van der Waals surface area contributed by atoms with Gasteiger partial charge in [-0.05, 0) is 12.0 Å². The molecule has 0 aromatic rings. The van der Waals surface area contributed by atoms with Gasteiger partial charge in [-0.3, -0.25) is 4.79 Å². The predicted octanol–water partition coefficient (Wildman–Crippen LogP) is 0.819. The summed E-state index contributed by atoms with van der Waals surface area (Å²) in [6, 6.07) is 0. The number of hydrogen-bond donors (Lipinski definition) is 0. The van der Waals surface area contributed by atoms with Crippen LogP contribution >= 0.6 is 0 Å². The molecule has 0 radical (unpaired) electrons. The normalized spacial score (nSPS) is 44.1. The molecule has 2 rings (SSSR count). The molecule has 52 valence electrons. The Balaban J connectivity index is 0.000000405. The van der Waals surface area contributed by atoms with Gasteiger partial charge in [0.05, 0.1) is 0 Å². The molecule has 3 atom stereocenters. The van der Waals surface area contributed by atoms with Gasteiger partial charge in [0.25, 0.3) is 0 Å². The van der Waals surface area contributed by atoms with Crippen LogP contribution in [0, 0.1) is 24.7 Å². The molecule has 0 aliphatic heterocycles. The monoisotopic (exact) mass is 165 g/mol. The van der Waals surface area contributed by atoms with Crippen molar-refractivity contribution >= 4 is 5.78 Å². The molecule has 0 N–H and O–H groups in total. The Morgan fingerprint density at radius 3 is 2.44 bits per heavy atom. The first-order valence-electron chi connectivity index (χ1n) is 2.86. The number of rotatable bonds is 0. The standard InChI is InChI=1S/C7H7O.Ni/c1-4-5-2-3-6(8)7(4)5;/h2-5,7H,1H2;/q-1;. The number of allylic oxidation sites excluding steroid dienone is 2. The third-order valence-corrected chi connectivity index (χ3v) is 2.04. The van der Waals surface area contributed by atoms with Crippen LogP contribution in [0.2, 0.25) is 0 Å². The summed E-state index contributed by atoms with van der Waals surface area (Å²) in [5.74, 6) is 1.50. The maximum absolute atomic E-state index is 10.7. The SMILES string of the molecule is [CH2-]C1C2C=CC(=O)C12.[Ni]. The van der Waals surface area contributed by atoms with Crippen LogP contribution in [0.15, 0.2) is 12.2 Å². The van der Waals surface area contributed by atoms with Crippen molar-refractivity contribution in [2.24, 2.45) is 17.8 Å². The van der Waals surface area contributed by atoms with E-state index in [1.54, 1.807) is 6.08 Å². The number of carbonyl (C=O) groups is 1. The van der Waals surface area contributed by atoms with Gasteiger partial charge in [0, 0.05) is 22.4 Å². The fraction of sp³-hybridized carbons (Fsp3) is 0.429. The quantitative estimate of drug-likeness (QED) is 0.384. The van der Waals surface area contributed by atoms with Crippen molar-refractivity contribution in [3.8, 4) is 0 Å². The molecule has 0 aromatic carbocycles. The summed E-state index contributed by atoms with van der Waals surface area (Å²) >= 11 is 0. The van der Waals surface area contributed by atoms with Crippen molar-refractivity contribution in [1.82, 2.24) is 0 Å². The molecule has 2 aliphatic rings. The van der Waals surface area contributed by atoms with Gasteiger partial charge in [-0.15, -0.1) is 0 Å². The van der Waals surface area contributed by atoms with Crippen LogP contribution in [-0.2, 0) is 21.3 Å². The van der Waals surface area contributed by atoms with Crippen LogP contribution in [0.4, 0.5) is 0 Å². The zero-order valence-electron chi connectivity index (χ0n) is 4.82. The number of carbonyl (C=O) groups excluding carboxylic acids is 1. The van der Waals surface area contributed by atoms with Crippen molar-refractivity contribution in [3.63, 3.8) is 0 Å². The van der Waals surface area contributed by atoms with Crippen molar-refractivity contribution < 1.29 is 21.3 Å². The average molecular weight is 166 g/mol. The first kappa shape index (κ1) is 7.02. The summed E-state index contributed by atoms with van der Waals surface area (Å²) in [7, 11) is 0. The molecular formula is C7H7NiO-. The smallest absolute Gasteiger partial charge is 0.156 e. The second-order valence-electron chi connectivity index (χ2n) is 2.53. The van der Waals surface area contributed by atoms with Crippen LogP contribution in [0.3, 0.4) is 0 Å². The van der Waals surface area contributed by atoms with Gasteiger partial charge in [-0.2, -0.15) is 5.92 Å². The molecule has 1 fully saturated rings. The minimum atomic E-state index is 0. The van der Waals surface area contributed by atoms with Gasteiger partial charge in [0.1, 0.15) is 0 Å². The fourth-order valence-electron chi connectivity index (χ4n) is 1.38. The van der Waals surface area contributed by atoms with Gasteiger partial charge in [-0.25, -0.2) is 0 Å². The molecule has 0 amide bonds. The summed E-state index contributed by atoms with van der Waals surface area (Å²) in [4.78, 5) is 10.7. The van der Waals surface area contributed by atoms with Crippen molar-refractivity contribution in [1.29, 1.82) is 0 Å². The van der Waals surface area contributed by atoms with Gasteiger partial charge in [0.15, 0.2) is 5.78 Å². The largest absolute Gasteiger partial charge is 0.339 e. The zero-order chi connectivity index (χ0) is 5.72. The fourth-order valence-corrected chi connectivity index (χ4v) is 1.38. The molecule has 0 aromatic heterocycles. The second kappa shape index (κ2) is 1.95. The first-order chi connectivity index (χ1) is 3.80. The first-order valence-corrected chi connectivity index (χ1v) is 2.86. The Bertz CT molecular complexity index is 174. The van der Waals surface area contributed by atoms with E-state index in [0.29, 0.717) is 11.8 Å². The van der Waals surface area contributed by atoms with Crippen molar-refractivity contribution in [3.05, 3.63) is 19.1 Å². The van der Waals surface area contributed by atoms with E-state index < -0.39 is 0 Å². The molecule has 1 nitrogen and oxygen atoms in total. The van der Waals surface area contributed by atoms with Gasteiger partial charge >= 0.3 is 0 Å². The second-order valence-corrected chi connectivity index (χ2v) is 2.53. The minimum Gasteiger partial charge on any atom is -0.339 e. The predicted molar refractivity (Wildman–Crippen MR) is 30.0 cm³/mol. The van der Waals surface area contributed by atoms with E-state index >= 15 is 0 Å². The van der Waals surface area contributed by atoms with Gasteiger partial charge in [0.2, 0.25) is 0 Å². The molecule has 2 aliphatic carbocycles. The number of fused-ring (bicyclic) bond motifs is 1. The summed E-state index contributed by atoms with van der Waals surface area (Å²) < 4.78 is 0. The Morgan fingerprint density at radius 2 is 2.22 bits per heavy atom. The topological polar surface area (TPSA) is 17.1 Å². The van der Waals surface area contributed by atoms with E-state index in [9.17, 15) is 4.79 Å². The van der Waals surface area contributed by atoms with Gasteiger partial charge in [-0.1, -0.05) is 6.08 Å². The molecule has 1 saturated carbocycles. The Morgan fingerprint density at radius 1 is 1.56 bits per heavy atom. The maximum Gasteiger partial charge on any atom is 0.156 e. The van der Waals surface area contributed by atoms with E-state index in [1.165, 1.54) is 0 Å². The van der Waals surface area contributed by atoms with Gasteiger partial charge < -0.3 is 6.92 Å². The Labute approximate surface area is 64.4 Å². The molecule has 3 unspecified atom stereocenters. The Hall–Kier alpha value is -0.0965. The Kier molecular flexibility index (Phi) is 1.52. The number of ketones is 1. The maximum atomic E-state index is 10.7. The molecule has 0 bridgehead atoms. The third-order valence-electron chi connectivity index (χ3n) is 2.04. The number of hydrogen-bond acceptors (Lipinski definition) is 1. The molecular weight excluding hydrogens is 159 g/mol. The van der Waals surface area contributed by atoms with E-state index in [-0.39, 0.29) is 28.2 Å². The average Bonchev–Trinajstić information content (AvgIpc) is 2.13. The molecule has 0 spiro atoms. The summed E-state index contributed by atoms with van der Waals surface area (Å²) in [6.45, 7) is 3.81. The van der Waals surface area contributed by atoms with Crippen LogP contribution in [-0.4, -0.2) is 5.78 Å². The van der Waals surface area contributed by atoms with Crippen LogP contribution in [0.1, 0.15) is 0 Å². The van der Waals surface area contributed by atoms with Crippen LogP contribution in [0.5, 0.6) is 0 Å². The summed E-state index contributed by atoms with van der Waals surface area (Å²) in [6.07, 6.45) is 3.65. The molecule has 0 saturated heterocycles. The third kappa shape index (κ3) is 0.771. The molecule has 2 heteroatoms. The zero-order valence-corrected chi connectivity index (χ0v) is 5.81. The van der Waals surface area contributed by atoms with E-state index in [4.69, 9.17) is 0 Å². The summed E-state index contributed by atoms with van der Waals surface area (Å²) in [5.41, 5.74) is 0. The van der Waals surface area contributed by atoms with E-state index in [2.05, 4.69) is 6.92 Å². The van der Waals surface area contributed by atoms with Crippen LogP contribution < -0.4 is 0 Å². The van der Waals surface area contributed by atoms with Crippen LogP contribution in [0.25, 0.3) is 0 Å². The van der Waals surface area contributed by atoms with Crippen molar-refractivity contribution in [2.45, 2.75) is 0 Å². The molecule has 0 heterocycles. The summed E-state index contributed by atoms with van der Waals surface area (Å²) in [5, 5.41) is 0. The minimum absolute atomic E-state index is 0. The van der Waals surface area contributed by atoms with Crippen molar-refractivity contribution in [2.75, 3.05) is 0 Å². The molecule has 9 heavy (non-hydrogen) atoms. The van der Waals surface area contributed by atoms with E-state index in [1.807, 2.05) is 6.08 Å². The van der Waals surface area contributed by atoms with E-state index in [0.717, 1.165) is 0 Å².